The largest absolute Gasteiger partial charge is 0.375 e. The molecule has 0 saturated heterocycles. The van der Waals surface area contributed by atoms with Crippen molar-refractivity contribution in [2.75, 3.05) is 5.73 Å². The molecule has 0 saturated carbocycles. The number of hydrogen-bond donors (Lipinski definition) is 1. The fourth-order valence-corrected chi connectivity index (χ4v) is 3.84. The summed E-state index contributed by atoms with van der Waals surface area (Å²) in [6.45, 7) is 6.13. The minimum absolute atomic E-state index is 0.229. The molecule has 0 bridgehead atoms. The highest BCUT2D eigenvalue weighted by molar-refractivity contribution is 9.10. The predicted molar refractivity (Wildman–Crippen MR) is 82.7 cm³/mol. The van der Waals surface area contributed by atoms with E-state index < -0.39 is 0 Å². The minimum Gasteiger partial charge on any atom is -0.375 e. The summed E-state index contributed by atoms with van der Waals surface area (Å²) in [4.78, 5) is 5.46. The first-order chi connectivity index (χ1) is 8.40. The van der Waals surface area contributed by atoms with Gasteiger partial charge in [0, 0.05) is 20.3 Å². The monoisotopic (exact) mass is 344 g/mol. The van der Waals surface area contributed by atoms with Crippen molar-refractivity contribution >= 4 is 44.0 Å². The molecular weight excluding hydrogens is 332 g/mol. The molecule has 1 unspecified atom stereocenters. The summed E-state index contributed by atoms with van der Waals surface area (Å²) in [6.07, 6.45) is 0. The van der Waals surface area contributed by atoms with Crippen molar-refractivity contribution < 1.29 is 0 Å². The molecule has 2 rings (SSSR count). The van der Waals surface area contributed by atoms with E-state index in [1.165, 1.54) is 16.2 Å². The van der Waals surface area contributed by atoms with Gasteiger partial charge in [-0.2, -0.15) is 0 Å². The van der Waals surface area contributed by atoms with E-state index in [4.69, 9.17) is 17.3 Å². The Hall–Kier alpha value is -0.580. The summed E-state index contributed by atoms with van der Waals surface area (Å²) in [7, 11) is 0. The van der Waals surface area contributed by atoms with E-state index in [1.807, 2.05) is 26.0 Å². The average molecular weight is 346 g/mol. The third-order valence-electron chi connectivity index (χ3n) is 2.99. The highest BCUT2D eigenvalue weighted by Crippen LogP contribution is 2.37. The Labute approximate surface area is 124 Å². The molecular formula is C13H14BrClN2S. The van der Waals surface area contributed by atoms with Crippen LogP contribution in [0.4, 0.5) is 5.13 Å². The molecule has 2 nitrogen and oxygen atoms in total. The van der Waals surface area contributed by atoms with Gasteiger partial charge in [0.15, 0.2) is 5.13 Å². The molecule has 0 aliphatic heterocycles. The summed E-state index contributed by atoms with van der Waals surface area (Å²) >= 11 is 11.3. The molecule has 1 aromatic carbocycles. The van der Waals surface area contributed by atoms with Crippen LogP contribution in [0.3, 0.4) is 0 Å². The number of rotatable bonds is 2. The topological polar surface area (TPSA) is 38.9 Å². The molecule has 1 heterocycles. The Kier molecular flexibility index (Phi) is 3.99. The Morgan fingerprint density at radius 3 is 2.61 bits per heavy atom. The van der Waals surface area contributed by atoms with E-state index in [0.717, 1.165) is 26.3 Å². The fraction of sp³-hybridized carbons (Fsp3) is 0.308. The van der Waals surface area contributed by atoms with Gasteiger partial charge in [0.1, 0.15) is 0 Å². The maximum absolute atomic E-state index is 6.20. The molecule has 0 aliphatic rings. The van der Waals surface area contributed by atoms with Gasteiger partial charge in [-0.3, -0.25) is 0 Å². The number of hydrogen-bond acceptors (Lipinski definition) is 3. The molecule has 0 spiro atoms. The van der Waals surface area contributed by atoms with Gasteiger partial charge in [-0.25, -0.2) is 4.98 Å². The van der Waals surface area contributed by atoms with Crippen molar-refractivity contribution in [1.82, 2.24) is 4.98 Å². The summed E-state index contributed by atoms with van der Waals surface area (Å²) in [6, 6.07) is 4.06. The first-order valence-electron chi connectivity index (χ1n) is 5.58. The van der Waals surface area contributed by atoms with Crippen LogP contribution in [0.15, 0.2) is 16.6 Å². The van der Waals surface area contributed by atoms with Crippen LogP contribution in [0.2, 0.25) is 5.02 Å². The average Bonchev–Trinajstić information content (AvgIpc) is 2.62. The molecule has 1 aromatic heterocycles. The van der Waals surface area contributed by atoms with Gasteiger partial charge >= 0.3 is 0 Å². The van der Waals surface area contributed by atoms with Crippen LogP contribution in [0.1, 0.15) is 34.5 Å². The molecule has 2 aromatic rings. The second-order valence-corrected chi connectivity index (χ2v) is 6.67. The second kappa shape index (κ2) is 5.19. The van der Waals surface area contributed by atoms with Gasteiger partial charge in [0.05, 0.1) is 5.69 Å². The van der Waals surface area contributed by atoms with Crippen LogP contribution in [-0.2, 0) is 0 Å². The number of nitrogens with zero attached hydrogens (tertiary/aromatic N) is 1. The number of thiazole rings is 1. The zero-order valence-corrected chi connectivity index (χ0v) is 13.6. The van der Waals surface area contributed by atoms with Crippen LogP contribution in [0.5, 0.6) is 0 Å². The van der Waals surface area contributed by atoms with E-state index in [-0.39, 0.29) is 5.92 Å². The third kappa shape index (κ3) is 2.56. The van der Waals surface area contributed by atoms with Crippen molar-refractivity contribution in [3.05, 3.63) is 43.3 Å². The van der Waals surface area contributed by atoms with Crippen LogP contribution in [0.25, 0.3) is 0 Å². The Balaban J connectivity index is 2.49. The van der Waals surface area contributed by atoms with Crippen LogP contribution in [0, 0.1) is 13.8 Å². The van der Waals surface area contributed by atoms with Crippen LogP contribution < -0.4 is 5.73 Å². The maximum atomic E-state index is 6.20. The molecule has 1 atom stereocenters. The Bertz CT molecular complexity index is 595. The summed E-state index contributed by atoms with van der Waals surface area (Å²) in [5, 5.41) is 1.40. The molecule has 96 valence electrons. The number of anilines is 1. The SMILES string of the molecule is Cc1cc(Br)c(C(C)c2sc(N)nc2C)cc1Cl. The van der Waals surface area contributed by atoms with E-state index in [0.29, 0.717) is 5.13 Å². The molecule has 0 aliphatic carbocycles. The summed E-state index contributed by atoms with van der Waals surface area (Å²) in [5.41, 5.74) is 8.98. The highest BCUT2D eigenvalue weighted by Gasteiger charge is 2.18. The second-order valence-electron chi connectivity index (χ2n) is 4.35. The Morgan fingerprint density at radius 2 is 2.06 bits per heavy atom. The van der Waals surface area contributed by atoms with Gasteiger partial charge in [-0.1, -0.05) is 34.5 Å². The number of nitrogen functional groups attached to an aromatic ring is 1. The molecule has 2 N–H and O–H groups in total. The normalized spacial score (nSPS) is 12.7. The number of halogens is 2. The number of nitrogens with two attached hydrogens (primary N) is 1. The van der Waals surface area contributed by atoms with E-state index in [2.05, 4.69) is 27.8 Å². The van der Waals surface area contributed by atoms with E-state index in [9.17, 15) is 0 Å². The maximum Gasteiger partial charge on any atom is 0.180 e. The van der Waals surface area contributed by atoms with Crippen molar-refractivity contribution in [2.24, 2.45) is 0 Å². The molecule has 0 radical (unpaired) electrons. The quantitative estimate of drug-likeness (QED) is 0.840. The standard InChI is InChI=1S/C13H14BrClN2S/c1-6-4-10(14)9(5-11(6)15)7(2)12-8(3)17-13(16)18-12/h4-5,7H,1-3H3,(H2,16,17). The fourth-order valence-electron chi connectivity index (χ4n) is 1.97. The van der Waals surface area contributed by atoms with Gasteiger partial charge in [-0.15, -0.1) is 11.3 Å². The number of benzene rings is 1. The van der Waals surface area contributed by atoms with E-state index >= 15 is 0 Å². The van der Waals surface area contributed by atoms with Gasteiger partial charge in [-0.05, 0) is 37.1 Å². The molecule has 0 fully saturated rings. The lowest BCUT2D eigenvalue weighted by molar-refractivity contribution is 0.919. The summed E-state index contributed by atoms with van der Waals surface area (Å²) in [5.74, 6) is 0.229. The molecule has 0 amide bonds. The lowest BCUT2D eigenvalue weighted by Gasteiger charge is -2.14. The first kappa shape index (κ1) is 13.8. The minimum atomic E-state index is 0.229. The predicted octanol–water partition coefficient (Wildman–Crippen LogP) is 4.91. The zero-order valence-electron chi connectivity index (χ0n) is 10.4. The van der Waals surface area contributed by atoms with Crippen molar-refractivity contribution in [2.45, 2.75) is 26.7 Å². The lowest BCUT2D eigenvalue weighted by Crippen LogP contribution is -1.98. The van der Waals surface area contributed by atoms with Crippen molar-refractivity contribution in [3.8, 4) is 0 Å². The number of aromatic nitrogens is 1. The smallest absolute Gasteiger partial charge is 0.180 e. The van der Waals surface area contributed by atoms with Gasteiger partial charge < -0.3 is 5.73 Å². The first-order valence-corrected chi connectivity index (χ1v) is 7.57. The Morgan fingerprint density at radius 1 is 1.39 bits per heavy atom. The molecule has 5 heteroatoms. The van der Waals surface area contributed by atoms with Crippen LogP contribution in [-0.4, -0.2) is 4.98 Å². The van der Waals surface area contributed by atoms with E-state index in [1.54, 1.807) is 0 Å². The van der Waals surface area contributed by atoms with Crippen LogP contribution >= 0.6 is 38.9 Å². The lowest BCUT2D eigenvalue weighted by atomic mass is 9.97. The van der Waals surface area contributed by atoms with Crippen molar-refractivity contribution in [1.29, 1.82) is 0 Å². The van der Waals surface area contributed by atoms with Gasteiger partial charge in [0.25, 0.3) is 0 Å². The van der Waals surface area contributed by atoms with Crippen molar-refractivity contribution in [3.63, 3.8) is 0 Å². The zero-order chi connectivity index (χ0) is 13.4. The molecule has 18 heavy (non-hydrogen) atoms. The number of aryl methyl sites for hydroxylation is 2. The third-order valence-corrected chi connectivity index (χ3v) is 5.25. The van der Waals surface area contributed by atoms with Gasteiger partial charge in [0.2, 0.25) is 0 Å². The summed E-state index contributed by atoms with van der Waals surface area (Å²) < 4.78 is 1.07. The highest BCUT2D eigenvalue weighted by atomic mass is 79.9.